The third-order valence-corrected chi connectivity index (χ3v) is 2.11. The molecule has 1 aliphatic carbocycles. The van der Waals surface area contributed by atoms with Crippen LogP contribution in [0.4, 0.5) is 10.1 Å². The second-order valence-electron chi connectivity index (χ2n) is 3.41. The van der Waals surface area contributed by atoms with Gasteiger partial charge in [0, 0.05) is 19.8 Å². The Morgan fingerprint density at radius 2 is 2.50 bits per heavy atom. The molecule has 0 aliphatic heterocycles. The van der Waals surface area contributed by atoms with Gasteiger partial charge in [-0.25, -0.2) is 4.39 Å². The number of nitrogens with one attached hydrogen (secondary N) is 1. The molecule has 66 valence electrons. The third kappa shape index (κ3) is 1.57. The molecule has 1 heterocycles. The standard InChI is InChI=1S/C8H12FN3/c1-12-5-7(4-11-12)10-6-8(9)2-3-8/h4-5,10H,2-3,6H2,1H3. The zero-order chi connectivity index (χ0) is 8.60. The van der Waals surface area contributed by atoms with Crippen molar-refractivity contribution in [3.8, 4) is 0 Å². The van der Waals surface area contributed by atoms with E-state index >= 15 is 0 Å². The molecule has 0 unspecified atom stereocenters. The summed E-state index contributed by atoms with van der Waals surface area (Å²) >= 11 is 0. The number of halogens is 1. The lowest BCUT2D eigenvalue weighted by Crippen LogP contribution is -2.15. The molecule has 0 radical (unpaired) electrons. The first-order valence-corrected chi connectivity index (χ1v) is 4.09. The minimum Gasteiger partial charge on any atom is -0.379 e. The van der Waals surface area contributed by atoms with E-state index in [9.17, 15) is 4.39 Å². The Morgan fingerprint density at radius 1 is 1.75 bits per heavy atom. The van der Waals surface area contributed by atoms with E-state index in [0.717, 1.165) is 5.69 Å². The van der Waals surface area contributed by atoms with E-state index in [1.165, 1.54) is 0 Å². The Kier molecular flexibility index (Phi) is 1.56. The monoisotopic (exact) mass is 169 g/mol. The average Bonchev–Trinajstić information content (AvgIpc) is 2.60. The summed E-state index contributed by atoms with van der Waals surface area (Å²) in [4.78, 5) is 0. The van der Waals surface area contributed by atoms with Gasteiger partial charge in [0.2, 0.25) is 0 Å². The van der Waals surface area contributed by atoms with Gasteiger partial charge in [-0.3, -0.25) is 4.68 Å². The fourth-order valence-electron chi connectivity index (χ4n) is 1.09. The molecule has 0 saturated heterocycles. The second kappa shape index (κ2) is 2.47. The van der Waals surface area contributed by atoms with Crippen LogP contribution < -0.4 is 5.32 Å². The van der Waals surface area contributed by atoms with Gasteiger partial charge in [0.15, 0.2) is 0 Å². The highest BCUT2D eigenvalue weighted by Gasteiger charge is 2.42. The van der Waals surface area contributed by atoms with Crippen molar-refractivity contribution in [2.75, 3.05) is 11.9 Å². The molecule has 1 saturated carbocycles. The molecule has 3 nitrogen and oxygen atoms in total. The number of hydrogen-bond acceptors (Lipinski definition) is 2. The minimum atomic E-state index is -0.935. The van der Waals surface area contributed by atoms with Crippen LogP contribution in [0, 0.1) is 0 Å². The van der Waals surface area contributed by atoms with Crippen molar-refractivity contribution in [2.24, 2.45) is 7.05 Å². The number of rotatable bonds is 3. The fraction of sp³-hybridized carbons (Fsp3) is 0.625. The van der Waals surface area contributed by atoms with Crippen molar-refractivity contribution in [3.63, 3.8) is 0 Å². The quantitative estimate of drug-likeness (QED) is 0.739. The van der Waals surface area contributed by atoms with Crippen LogP contribution in [0.15, 0.2) is 12.4 Å². The lowest BCUT2D eigenvalue weighted by atomic mass is 10.3. The Bertz CT molecular complexity index is 278. The van der Waals surface area contributed by atoms with Crippen LogP contribution in [0.25, 0.3) is 0 Å². The van der Waals surface area contributed by atoms with Gasteiger partial charge >= 0.3 is 0 Å². The smallest absolute Gasteiger partial charge is 0.128 e. The van der Waals surface area contributed by atoms with Crippen molar-refractivity contribution in [1.29, 1.82) is 0 Å². The SMILES string of the molecule is Cn1cc(NCC2(F)CC2)cn1. The number of alkyl halides is 1. The summed E-state index contributed by atoms with van der Waals surface area (Å²) in [6, 6.07) is 0. The third-order valence-electron chi connectivity index (χ3n) is 2.11. The van der Waals surface area contributed by atoms with Crippen molar-refractivity contribution in [3.05, 3.63) is 12.4 Å². The van der Waals surface area contributed by atoms with Crippen molar-refractivity contribution >= 4 is 5.69 Å². The van der Waals surface area contributed by atoms with Gasteiger partial charge in [0.1, 0.15) is 5.67 Å². The van der Waals surface area contributed by atoms with Gasteiger partial charge in [0.05, 0.1) is 11.9 Å². The number of anilines is 1. The molecule has 12 heavy (non-hydrogen) atoms. The predicted molar refractivity (Wildman–Crippen MR) is 44.8 cm³/mol. The highest BCUT2D eigenvalue weighted by atomic mass is 19.1. The largest absolute Gasteiger partial charge is 0.379 e. The summed E-state index contributed by atoms with van der Waals surface area (Å²) in [5.74, 6) is 0. The normalized spacial score (nSPS) is 19.2. The molecule has 1 aromatic heterocycles. The molecule has 2 rings (SSSR count). The summed E-state index contributed by atoms with van der Waals surface area (Å²) in [5, 5.41) is 6.98. The van der Waals surface area contributed by atoms with E-state index in [1.54, 1.807) is 10.9 Å². The van der Waals surface area contributed by atoms with E-state index in [2.05, 4.69) is 10.4 Å². The molecule has 1 aliphatic rings. The van der Waals surface area contributed by atoms with Gasteiger partial charge in [0.25, 0.3) is 0 Å². The molecule has 0 atom stereocenters. The summed E-state index contributed by atoms with van der Waals surface area (Å²) in [6.07, 6.45) is 4.93. The molecule has 1 fully saturated rings. The van der Waals surface area contributed by atoms with E-state index in [0.29, 0.717) is 19.4 Å². The Balaban J connectivity index is 1.87. The maximum atomic E-state index is 13.1. The number of aryl methyl sites for hydroxylation is 1. The van der Waals surface area contributed by atoms with Crippen LogP contribution in [0.1, 0.15) is 12.8 Å². The lowest BCUT2D eigenvalue weighted by Gasteiger charge is -2.05. The van der Waals surface area contributed by atoms with E-state index in [4.69, 9.17) is 0 Å². The molecule has 0 bridgehead atoms. The highest BCUT2D eigenvalue weighted by molar-refractivity contribution is 5.38. The topological polar surface area (TPSA) is 29.9 Å². The highest BCUT2D eigenvalue weighted by Crippen LogP contribution is 2.39. The fourth-order valence-corrected chi connectivity index (χ4v) is 1.09. The zero-order valence-electron chi connectivity index (χ0n) is 7.05. The van der Waals surface area contributed by atoms with E-state index in [1.807, 2.05) is 13.2 Å². The van der Waals surface area contributed by atoms with Gasteiger partial charge in [-0.05, 0) is 12.8 Å². The van der Waals surface area contributed by atoms with Gasteiger partial charge in [-0.15, -0.1) is 0 Å². The first kappa shape index (κ1) is 7.58. The predicted octanol–water partition coefficient (Wildman–Crippen LogP) is 1.33. The Labute approximate surface area is 70.6 Å². The minimum absolute atomic E-state index is 0.415. The van der Waals surface area contributed by atoms with Gasteiger partial charge in [-0.2, -0.15) is 5.10 Å². The first-order valence-electron chi connectivity index (χ1n) is 4.09. The summed E-state index contributed by atoms with van der Waals surface area (Å²) < 4.78 is 14.8. The maximum Gasteiger partial charge on any atom is 0.128 e. The van der Waals surface area contributed by atoms with Crippen LogP contribution in [0.5, 0.6) is 0 Å². The molecule has 1 aromatic rings. The molecule has 4 heteroatoms. The molecule has 0 aromatic carbocycles. The van der Waals surface area contributed by atoms with Crippen molar-refractivity contribution < 1.29 is 4.39 Å². The summed E-state index contributed by atoms with van der Waals surface area (Å²) in [6.45, 7) is 0.415. The first-order chi connectivity index (χ1) is 5.68. The Hall–Kier alpha value is -1.06. The van der Waals surface area contributed by atoms with Crippen molar-refractivity contribution in [1.82, 2.24) is 9.78 Å². The second-order valence-corrected chi connectivity index (χ2v) is 3.41. The number of hydrogen-bond donors (Lipinski definition) is 1. The molecule has 0 spiro atoms. The van der Waals surface area contributed by atoms with E-state index in [-0.39, 0.29) is 0 Å². The summed E-state index contributed by atoms with van der Waals surface area (Å²) in [5.41, 5.74) is -0.0445. The van der Waals surface area contributed by atoms with Crippen LogP contribution in [0.2, 0.25) is 0 Å². The summed E-state index contributed by atoms with van der Waals surface area (Å²) in [7, 11) is 1.84. The average molecular weight is 169 g/mol. The Morgan fingerprint density at radius 3 is 3.00 bits per heavy atom. The number of nitrogens with zero attached hydrogens (tertiary/aromatic N) is 2. The lowest BCUT2D eigenvalue weighted by molar-refractivity contribution is 0.326. The van der Waals surface area contributed by atoms with Gasteiger partial charge < -0.3 is 5.32 Å². The molecule has 0 amide bonds. The molecule has 1 N–H and O–H groups in total. The number of aromatic nitrogens is 2. The van der Waals surface area contributed by atoms with Crippen LogP contribution in [0.3, 0.4) is 0 Å². The van der Waals surface area contributed by atoms with Crippen LogP contribution in [-0.4, -0.2) is 22.0 Å². The van der Waals surface area contributed by atoms with Crippen LogP contribution >= 0.6 is 0 Å². The molecular formula is C8H12FN3. The van der Waals surface area contributed by atoms with E-state index < -0.39 is 5.67 Å². The zero-order valence-corrected chi connectivity index (χ0v) is 7.05. The van der Waals surface area contributed by atoms with Crippen molar-refractivity contribution in [2.45, 2.75) is 18.5 Å². The van der Waals surface area contributed by atoms with Crippen LogP contribution in [-0.2, 0) is 7.05 Å². The van der Waals surface area contributed by atoms with Gasteiger partial charge in [-0.1, -0.05) is 0 Å². The molecular weight excluding hydrogens is 157 g/mol. The maximum absolute atomic E-state index is 13.1.